The van der Waals surface area contributed by atoms with E-state index in [9.17, 15) is 0 Å². The van der Waals surface area contributed by atoms with Crippen LogP contribution in [0.25, 0.3) is 11.0 Å². The van der Waals surface area contributed by atoms with Gasteiger partial charge in [0.1, 0.15) is 17.4 Å². The van der Waals surface area contributed by atoms with Gasteiger partial charge in [0.15, 0.2) is 5.65 Å². The SMILES string of the molecule is Cn1ncc2c(N)nc(CSCc3ccco3)nc21. The third-order valence-electron chi connectivity index (χ3n) is 2.72. The van der Waals surface area contributed by atoms with E-state index in [4.69, 9.17) is 10.2 Å². The fraction of sp³-hybridized carbons (Fsp3) is 0.250. The lowest BCUT2D eigenvalue weighted by atomic mass is 10.4. The first-order valence-corrected chi connectivity index (χ1v) is 6.94. The van der Waals surface area contributed by atoms with Crippen molar-refractivity contribution in [2.45, 2.75) is 11.5 Å². The van der Waals surface area contributed by atoms with Crippen molar-refractivity contribution in [2.75, 3.05) is 5.73 Å². The molecule has 0 aliphatic heterocycles. The molecule has 0 bridgehead atoms. The molecule has 2 N–H and O–H groups in total. The first-order chi connectivity index (χ1) is 9.24. The summed E-state index contributed by atoms with van der Waals surface area (Å²) >= 11 is 1.69. The minimum Gasteiger partial charge on any atom is -0.468 e. The number of nitrogen functional groups attached to an aromatic ring is 1. The molecule has 19 heavy (non-hydrogen) atoms. The van der Waals surface area contributed by atoms with E-state index in [0.29, 0.717) is 17.4 Å². The van der Waals surface area contributed by atoms with E-state index < -0.39 is 0 Å². The Kier molecular flexibility index (Phi) is 3.12. The van der Waals surface area contributed by atoms with Crippen molar-refractivity contribution in [2.24, 2.45) is 7.05 Å². The Morgan fingerprint density at radius 1 is 1.37 bits per heavy atom. The lowest BCUT2D eigenvalue weighted by Crippen LogP contribution is -2.01. The summed E-state index contributed by atoms with van der Waals surface area (Å²) in [7, 11) is 1.84. The predicted octanol–water partition coefficient (Wildman–Crippen LogP) is 1.97. The maximum atomic E-state index is 5.90. The smallest absolute Gasteiger partial charge is 0.163 e. The molecule has 98 valence electrons. The van der Waals surface area contributed by atoms with Gasteiger partial charge in [-0.1, -0.05) is 0 Å². The van der Waals surface area contributed by atoms with Crippen LogP contribution < -0.4 is 5.73 Å². The number of thioether (sulfide) groups is 1. The van der Waals surface area contributed by atoms with Gasteiger partial charge in [0, 0.05) is 7.05 Å². The molecule has 0 aliphatic rings. The van der Waals surface area contributed by atoms with Crippen LogP contribution in [0.4, 0.5) is 5.82 Å². The van der Waals surface area contributed by atoms with Crippen LogP contribution >= 0.6 is 11.8 Å². The molecule has 0 amide bonds. The third-order valence-corrected chi connectivity index (χ3v) is 3.67. The minimum atomic E-state index is 0.478. The number of nitrogens with zero attached hydrogens (tertiary/aromatic N) is 4. The van der Waals surface area contributed by atoms with Crippen molar-refractivity contribution >= 4 is 28.6 Å². The van der Waals surface area contributed by atoms with Crippen LogP contribution in [0, 0.1) is 0 Å². The van der Waals surface area contributed by atoms with Crippen molar-refractivity contribution in [3.05, 3.63) is 36.2 Å². The molecule has 3 aromatic heterocycles. The molecule has 3 aromatic rings. The van der Waals surface area contributed by atoms with E-state index in [2.05, 4.69) is 15.1 Å². The zero-order valence-corrected chi connectivity index (χ0v) is 11.2. The summed E-state index contributed by atoms with van der Waals surface area (Å²) in [5.41, 5.74) is 6.67. The number of hydrogen-bond acceptors (Lipinski definition) is 6. The van der Waals surface area contributed by atoms with Crippen LogP contribution in [0.1, 0.15) is 11.6 Å². The molecule has 0 atom stereocenters. The molecular weight excluding hydrogens is 262 g/mol. The molecule has 0 aliphatic carbocycles. The molecule has 0 saturated heterocycles. The van der Waals surface area contributed by atoms with Crippen LogP contribution in [0.2, 0.25) is 0 Å². The number of aryl methyl sites for hydroxylation is 1. The van der Waals surface area contributed by atoms with Gasteiger partial charge >= 0.3 is 0 Å². The Hall–Kier alpha value is -2.02. The fourth-order valence-electron chi connectivity index (χ4n) is 1.79. The maximum Gasteiger partial charge on any atom is 0.163 e. The number of aromatic nitrogens is 4. The molecule has 7 heteroatoms. The Bertz CT molecular complexity index is 692. The van der Waals surface area contributed by atoms with E-state index in [1.54, 1.807) is 28.9 Å². The quantitative estimate of drug-likeness (QED) is 0.783. The minimum absolute atomic E-state index is 0.478. The van der Waals surface area contributed by atoms with E-state index >= 15 is 0 Å². The first kappa shape index (κ1) is 12.0. The average molecular weight is 275 g/mol. The van der Waals surface area contributed by atoms with Gasteiger partial charge in [0.05, 0.1) is 29.4 Å². The summed E-state index contributed by atoms with van der Waals surface area (Å²) < 4.78 is 6.97. The standard InChI is InChI=1S/C12H13N5OS/c1-17-12-9(5-14-17)11(13)15-10(16-12)7-19-6-8-3-2-4-18-8/h2-5H,6-7H2,1H3,(H2,13,15,16). The monoisotopic (exact) mass is 275 g/mol. The number of furan rings is 1. The number of anilines is 1. The topological polar surface area (TPSA) is 82.8 Å². The lowest BCUT2D eigenvalue weighted by molar-refractivity contribution is 0.530. The van der Waals surface area contributed by atoms with Gasteiger partial charge in [0.25, 0.3) is 0 Å². The summed E-state index contributed by atoms with van der Waals surface area (Å²) in [6, 6.07) is 3.83. The zero-order valence-electron chi connectivity index (χ0n) is 10.4. The normalized spacial score (nSPS) is 11.2. The second-order valence-corrected chi connectivity index (χ2v) is 5.09. The van der Waals surface area contributed by atoms with Gasteiger partial charge in [-0.15, -0.1) is 11.8 Å². The van der Waals surface area contributed by atoms with Crippen molar-refractivity contribution in [1.29, 1.82) is 0 Å². The molecule has 0 spiro atoms. The summed E-state index contributed by atoms with van der Waals surface area (Å²) in [5, 5.41) is 4.92. The van der Waals surface area contributed by atoms with Crippen molar-refractivity contribution in [3.63, 3.8) is 0 Å². The van der Waals surface area contributed by atoms with Crippen molar-refractivity contribution in [3.8, 4) is 0 Å². The Balaban J connectivity index is 1.75. The molecule has 3 heterocycles. The molecule has 0 saturated carbocycles. The number of nitrogens with two attached hydrogens (primary N) is 1. The summed E-state index contributed by atoms with van der Waals surface area (Å²) in [6.45, 7) is 0. The Morgan fingerprint density at radius 3 is 3.05 bits per heavy atom. The average Bonchev–Trinajstić information content (AvgIpc) is 3.01. The first-order valence-electron chi connectivity index (χ1n) is 5.78. The van der Waals surface area contributed by atoms with Crippen molar-refractivity contribution < 1.29 is 4.42 Å². The number of rotatable bonds is 4. The molecule has 0 unspecified atom stereocenters. The van der Waals surface area contributed by atoms with Crippen molar-refractivity contribution in [1.82, 2.24) is 19.7 Å². The third kappa shape index (κ3) is 2.41. The fourth-order valence-corrected chi connectivity index (χ4v) is 2.57. The molecule has 0 fully saturated rings. The second-order valence-electron chi connectivity index (χ2n) is 4.10. The summed E-state index contributed by atoms with van der Waals surface area (Å²) in [6.07, 6.45) is 3.36. The molecule has 0 aromatic carbocycles. The van der Waals surface area contributed by atoms with Gasteiger partial charge in [-0.2, -0.15) is 5.10 Å². The van der Waals surface area contributed by atoms with Gasteiger partial charge in [-0.05, 0) is 12.1 Å². The number of hydrogen-bond donors (Lipinski definition) is 1. The van der Waals surface area contributed by atoms with Gasteiger partial charge < -0.3 is 10.2 Å². The van der Waals surface area contributed by atoms with Gasteiger partial charge in [-0.25, -0.2) is 9.97 Å². The van der Waals surface area contributed by atoms with E-state index in [0.717, 1.165) is 22.5 Å². The van der Waals surface area contributed by atoms with Crippen LogP contribution in [-0.4, -0.2) is 19.7 Å². The molecular formula is C12H13N5OS. The lowest BCUT2D eigenvalue weighted by Gasteiger charge is -2.02. The van der Waals surface area contributed by atoms with E-state index in [1.807, 2.05) is 19.2 Å². The van der Waals surface area contributed by atoms with Crippen LogP contribution in [0.3, 0.4) is 0 Å². The zero-order chi connectivity index (χ0) is 13.2. The highest BCUT2D eigenvalue weighted by Gasteiger charge is 2.09. The predicted molar refractivity (Wildman–Crippen MR) is 74.4 cm³/mol. The summed E-state index contributed by atoms with van der Waals surface area (Å²) in [4.78, 5) is 8.77. The largest absolute Gasteiger partial charge is 0.468 e. The number of fused-ring (bicyclic) bond motifs is 1. The molecule has 0 radical (unpaired) electrons. The molecule has 3 rings (SSSR count). The van der Waals surface area contributed by atoms with Crippen LogP contribution in [-0.2, 0) is 18.6 Å². The van der Waals surface area contributed by atoms with Gasteiger partial charge in [0.2, 0.25) is 0 Å². The van der Waals surface area contributed by atoms with Crippen LogP contribution in [0.5, 0.6) is 0 Å². The highest BCUT2D eigenvalue weighted by Crippen LogP contribution is 2.20. The highest BCUT2D eigenvalue weighted by atomic mass is 32.2. The second kappa shape index (κ2) is 4.93. The maximum absolute atomic E-state index is 5.90. The van der Waals surface area contributed by atoms with E-state index in [-0.39, 0.29) is 0 Å². The Labute approximate surface area is 114 Å². The van der Waals surface area contributed by atoms with Gasteiger partial charge in [-0.3, -0.25) is 4.68 Å². The highest BCUT2D eigenvalue weighted by molar-refractivity contribution is 7.97. The van der Waals surface area contributed by atoms with Crippen LogP contribution in [0.15, 0.2) is 29.0 Å². The Morgan fingerprint density at radius 2 is 2.26 bits per heavy atom. The summed E-state index contributed by atoms with van der Waals surface area (Å²) in [5.74, 6) is 3.61. The van der Waals surface area contributed by atoms with E-state index in [1.165, 1.54) is 0 Å². The molecule has 6 nitrogen and oxygen atoms in total.